The van der Waals surface area contributed by atoms with Crippen molar-refractivity contribution in [2.75, 3.05) is 31.1 Å². The summed E-state index contributed by atoms with van der Waals surface area (Å²) in [6.07, 6.45) is 0. The fourth-order valence-corrected chi connectivity index (χ4v) is 1.73. The zero-order valence-electron chi connectivity index (χ0n) is 8.40. The summed E-state index contributed by atoms with van der Waals surface area (Å²) in [6.45, 7) is 3.80. The van der Waals surface area contributed by atoms with Gasteiger partial charge in [0.15, 0.2) is 0 Å². The Hall–Kier alpha value is -1.73. The number of aromatic hydroxyl groups is 1. The largest absolute Gasteiger partial charge is 0.507 e. The summed E-state index contributed by atoms with van der Waals surface area (Å²) in [5.74, 6) is 0.0522. The third-order valence-corrected chi connectivity index (χ3v) is 2.58. The summed E-state index contributed by atoms with van der Waals surface area (Å²) in [7, 11) is 0. The van der Waals surface area contributed by atoms with Crippen LogP contribution in [0.15, 0.2) is 18.2 Å². The summed E-state index contributed by atoms with van der Waals surface area (Å²) in [5.41, 5.74) is 1.34. The topological polar surface area (TPSA) is 59.3 Å². The van der Waals surface area contributed by atoms with Gasteiger partial charge in [-0.25, -0.2) is 0 Å². The van der Waals surface area contributed by atoms with Crippen LogP contribution in [-0.4, -0.2) is 31.3 Å². The molecule has 78 valence electrons. The minimum absolute atomic E-state index is 0.0522. The molecule has 0 unspecified atom stereocenters. The molecule has 4 heteroatoms. The lowest BCUT2D eigenvalue weighted by Crippen LogP contribution is -2.43. The highest BCUT2D eigenvalue weighted by molar-refractivity contribution is 5.56. The molecule has 0 amide bonds. The second-order valence-corrected chi connectivity index (χ2v) is 3.55. The molecule has 2 rings (SSSR count). The van der Waals surface area contributed by atoms with E-state index in [2.05, 4.69) is 10.2 Å². The Morgan fingerprint density at radius 1 is 1.33 bits per heavy atom. The van der Waals surface area contributed by atoms with Crippen molar-refractivity contribution in [1.82, 2.24) is 5.32 Å². The second kappa shape index (κ2) is 4.20. The number of nitrogens with one attached hydrogen (secondary N) is 1. The number of rotatable bonds is 1. The Balaban J connectivity index is 2.25. The summed E-state index contributed by atoms with van der Waals surface area (Å²) in [5, 5.41) is 21.4. The number of hydrogen-bond donors (Lipinski definition) is 2. The van der Waals surface area contributed by atoms with Gasteiger partial charge in [0.1, 0.15) is 11.8 Å². The first-order valence-electron chi connectivity index (χ1n) is 5.00. The van der Waals surface area contributed by atoms with Crippen molar-refractivity contribution >= 4 is 5.69 Å². The number of benzene rings is 1. The summed E-state index contributed by atoms with van der Waals surface area (Å²) in [4.78, 5) is 2.21. The number of nitrogens with zero attached hydrogens (tertiary/aromatic N) is 2. The number of phenolic OH excluding ortho intramolecular Hbond substituents is 1. The van der Waals surface area contributed by atoms with E-state index in [-0.39, 0.29) is 5.75 Å². The number of anilines is 1. The molecule has 4 nitrogen and oxygen atoms in total. The Labute approximate surface area is 88.7 Å². The van der Waals surface area contributed by atoms with Gasteiger partial charge in [-0.2, -0.15) is 5.26 Å². The van der Waals surface area contributed by atoms with Gasteiger partial charge in [-0.1, -0.05) is 0 Å². The Kier molecular flexibility index (Phi) is 2.75. The number of piperazine rings is 1. The average molecular weight is 203 g/mol. The van der Waals surface area contributed by atoms with E-state index in [1.54, 1.807) is 12.1 Å². The lowest BCUT2D eigenvalue weighted by Gasteiger charge is -2.29. The monoisotopic (exact) mass is 203 g/mol. The Morgan fingerprint density at radius 3 is 2.73 bits per heavy atom. The highest BCUT2D eigenvalue weighted by Gasteiger charge is 2.11. The molecular weight excluding hydrogens is 190 g/mol. The Morgan fingerprint density at radius 2 is 2.07 bits per heavy atom. The molecule has 1 fully saturated rings. The van der Waals surface area contributed by atoms with Gasteiger partial charge < -0.3 is 15.3 Å². The van der Waals surface area contributed by atoms with Crippen LogP contribution in [0, 0.1) is 11.3 Å². The number of nitriles is 1. The first-order chi connectivity index (χ1) is 7.31. The summed E-state index contributed by atoms with van der Waals surface area (Å²) < 4.78 is 0. The van der Waals surface area contributed by atoms with Gasteiger partial charge in [0.2, 0.25) is 0 Å². The highest BCUT2D eigenvalue weighted by atomic mass is 16.3. The van der Waals surface area contributed by atoms with Crippen molar-refractivity contribution in [3.05, 3.63) is 23.8 Å². The quantitative estimate of drug-likeness (QED) is 0.704. The van der Waals surface area contributed by atoms with Gasteiger partial charge in [-0.15, -0.1) is 0 Å². The van der Waals surface area contributed by atoms with Crippen LogP contribution < -0.4 is 10.2 Å². The molecule has 0 aliphatic carbocycles. The van der Waals surface area contributed by atoms with Crippen LogP contribution in [0.1, 0.15) is 5.56 Å². The van der Waals surface area contributed by atoms with E-state index in [1.807, 2.05) is 12.1 Å². The molecule has 0 atom stereocenters. The normalized spacial score (nSPS) is 16.1. The van der Waals surface area contributed by atoms with Crippen molar-refractivity contribution in [3.8, 4) is 11.8 Å². The maximum atomic E-state index is 9.38. The third-order valence-electron chi connectivity index (χ3n) is 2.58. The SMILES string of the molecule is N#Cc1cc(N2CCNCC2)ccc1O. The van der Waals surface area contributed by atoms with E-state index >= 15 is 0 Å². The number of hydrogen-bond acceptors (Lipinski definition) is 4. The Bertz CT molecular complexity index is 391. The number of phenols is 1. The van der Waals surface area contributed by atoms with Gasteiger partial charge in [-0.3, -0.25) is 0 Å². The summed E-state index contributed by atoms with van der Waals surface area (Å²) >= 11 is 0. The summed E-state index contributed by atoms with van der Waals surface area (Å²) in [6, 6.07) is 7.15. The van der Waals surface area contributed by atoms with Gasteiger partial charge in [-0.05, 0) is 18.2 Å². The van der Waals surface area contributed by atoms with E-state index in [0.717, 1.165) is 31.9 Å². The second-order valence-electron chi connectivity index (χ2n) is 3.55. The first-order valence-corrected chi connectivity index (χ1v) is 5.00. The minimum atomic E-state index is 0.0522. The van der Waals surface area contributed by atoms with Gasteiger partial charge >= 0.3 is 0 Å². The molecule has 0 bridgehead atoms. The van der Waals surface area contributed by atoms with E-state index in [9.17, 15) is 5.11 Å². The minimum Gasteiger partial charge on any atom is -0.507 e. The van der Waals surface area contributed by atoms with Crippen molar-refractivity contribution in [2.24, 2.45) is 0 Å². The van der Waals surface area contributed by atoms with Crippen LogP contribution in [0.4, 0.5) is 5.69 Å². The predicted octanol–water partition coefficient (Wildman–Crippen LogP) is 0.673. The molecule has 1 saturated heterocycles. The van der Waals surface area contributed by atoms with Crippen molar-refractivity contribution in [2.45, 2.75) is 0 Å². The van der Waals surface area contributed by atoms with Crippen LogP contribution in [0.25, 0.3) is 0 Å². The molecule has 1 aliphatic rings. The molecule has 15 heavy (non-hydrogen) atoms. The van der Waals surface area contributed by atoms with E-state index in [0.29, 0.717) is 5.56 Å². The molecule has 1 aromatic rings. The fraction of sp³-hybridized carbons (Fsp3) is 0.364. The molecule has 0 saturated carbocycles. The average Bonchev–Trinajstić information content (AvgIpc) is 2.31. The molecule has 1 aromatic carbocycles. The van der Waals surface area contributed by atoms with E-state index < -0.39 is 0 Å². The van der Waals surface area contributed by atoms with Crippen LogP contribution in [0.3, 0.4) is 0 Å². The van der Waals surface area contributed by atoms with Crippen LogP contribution in [0.2, 0.25) is 0 Å². The molecular formula is C11H13N3O. The molecule has 1 heterocycles. The first kappa shape index (κ1) is 9.81. The maximum Gasteiger partial charge on any atom is 0.133 e. The molecule has 1 aliphatic heterocycles. The highest BCUT2D eigenvalue weighted by Crippen LogP contribution is 2.23. The zero-order valence-corrected chi connectivity index (χ0v) is 8.40. The molecule has 0 radical (unpaired) electrons. The maximum absolute atomic E-state index is 9.38. The zero-order chi connectivity index (χ0) is 10.7. The standard InChI is InChI=1S/C11H13N3O/c12-8-9-7-10(1-2-11(9)15)14-5-3-13-4-6-14/h1-2,7,13,15H,3-6H2. The van der Waals surface area contributed by atoms with Crippen molar-refractivity contribution in [1.29, 1.82) is 5.26 Å². The van der Waals surface area contributed by atoms with Crippen molar-refractivity contribution < 1.29 is 5.11 Å². The van der Waals surface area contributed by atoms with Crippen LogP contribution >= 0.6 is 0 Å². The van der Waals surface area contributed by atoms with Crippen LogP contribution in [0.5, 0.6) is 5.75 Å². The van der Waals surface area contributed by atoms with Gasteiger partial charge in [0, 0.05) is 31.9 Å². The van der Waals surface area contributed by atoms with Crippen LogP contribution in [-0.2, 0) is 0 Å². The fourth-order valence-electron chi connectivity index (χ4n) is 1.73. The lowest BCUT2D eigenvalue weighted by molar-refractivity contribution is 0.473. The smallest absolute Gasteiger partial charge is 0.133 e. The van der Waals surface area contributed by atoms with Crippen molar-refractivity contribution in [3.63, 3.8) is 0 Å². The van der Waals surface area contributed by atoms with Gasteiger partial charge in [0.05, 0.1) is 5.56 Å². The lowest BCUT2D eigenvalue weighted by atomic mass is 10.1. The van der Waals surface area contributed by atoms with Gasteiger partial charge in [0.25, 0.3) is 0 Å². The third kappa shape index (κ3) is 2.03. The molecule has 0 spiro atoms. The van der Waals surface area contributed by atoms with E-state index in [4.69, 9.17) is 5.26 Å². The molecule has 0 aromatic heterocycles. The molecule has 2 N–H and O–H groups in total. The predicted molar refractivity (Wildman–Crippen MR) is 57.9 cm³/mol. The van der Waals surface area contributed by atoms with E-state index in [1.165, 1.54) is 0 Å².